The van der Waals surface area contributed by atoms with Crippen molar-refractivity contribution in [3.05, 3.63) is 65.6 Å². The van der Waals surface area contributed by atoms with Gasteiger partial charge in [0.05, 0.1) is 35.7 Å². The molecule has 2 unspecified atom stereocenters. The number of aromatic nitrogens is 1. The highest BCUT2D eigenvalue weighted by atomic mass is 32.2. The number of hydrogen-bond donors (Lipinski definition) is 4. The van der Waals surface area contributed by atoms with Crippen LogP contribution in [0.1, 0.15) is 35.1 Å². The van der Waals surface area contributed by atoms with E-state index in [0.29, 0.717) is 28.2 Å². The molecular formula is C24H29N7O4S. The molecule has 0 saturated heterocycles. The average Bonchev–Trinajstić information content (AvgIpc) is 3.14. The summed E-state index contributed by atoms with van der Waals surface area (Å²) in [4.78, 5) is 39.4. The number of nitrogens with two attached hydrogens (primary N) is 2. The summed E-state index contributed by atoms with van der Waals surface area (Å²) < 4.78 is 12.9. The molecule has 11 nitrogen and oxygen atoms in total. The van der Waals surface area contributed by atoms with Crippen LogP contribution < -0.4 is 22.3 Å². The van der Waals surface area contributed by atoms with Gasteiger partial charge in [-0.15, -0.1) is 0 Å². The van der Waals surface area contributed by atoms with Crippen LogP contribution in [0.3, 0.4) is 0 Å². The number of nitrogens with zero attached hydrogens (tertiary/aromatic N) is 3. The number of anilines is 2. The number of hydrazine groups is 1. The molecule has 1 aromatic carbocycles. The molecule has 6 N–H and O–H groups in total. The first-order valence-corrected chi connectivity index (χ1v) is 13.0. The number of dihydropyridines is 1. The number of allylic oxidation sites excluding steroid dienone is 2. The van der Waals surface area contributed by atoms with Crippen LogP contribution in [0.25, 0.3) is 5.57 Å². The van der Waals surface area contributed by atoms with Crippen LogP contribution in [0.15, 0.2) is 48.7 Å². The third-order valence-corrected chi connectivity index (χ3v) is 6.84. The fourth-order valence-electron chi connectivity index (χ4n) is 4.24. The van der Waals surface area contributed by atoms with Crippen LogP contribution in [0, 0.1) is 0 Å². The molecule has 0 bridgehead atoms. The van der Waals surface area contributed by atoms with Crippen LogP contribution in [0.2, 0.25) is 0 Å². The van der Waals surface area contributed by atoms with Crippen molar-refractivity contribution in [1.82, 2.24) is 19.9 Å². The summed E-state index contributed by atoms with van der Waals surface area (Å²) in [6, 6.07) is 9.35. The molecule has 2 atom stereocenters. The molecule has 4 rings (SSSR count). The maximum absolute atomic E-state index is 13.4. The molecule has 3 heterocycles. The van der Waals surface area contributed by atoms with Gasteiger partial charge in [0, 0.05) is 47.4 Å². The summed E-state index contributed by atoms with van der Waals surface area (Å²) in [6.07, 6.45) is 6.16. The number of nitrogens with one attached hydrogen (secondary N) is 2. The minimum absolute atomic E-state index is 0.0810. The van der Waals surface area contributed by atoms with Crippen molar-refractivity contribution in [3.8, 4) is 0 Å². The van der Waals surface area contributed by atoms with Gasteiger partial charge in [-0.2, -0.15) is 0 Å². The number of Topliss-reactive ketones (excluding diaryl/α,β-unsaturated/α-hetero) is 1. The zero-order valence-corrected chi connectivity index (χ0v) is 20.9. The average molecular weight is 512 g/mol. The Balaban J connectivity index is 1.79. The molecule has 2 aromatic rings. The SMILES string of the molecule is CC(=O)N(N)C1C=C(c2c(Nc3ccccc3)c3c(n2N)CN(C(=O)CCS(C)=O)CC3=O)C=CN1. The quantitative estimate of drug-likeness (QED) is 0.242. The van der Waals surface area contributed by atoms with Gasteiger partial charge in [-0.1, -0.05) is 18.2 Å². The number of amides is 2. The standard InChI is InChI=1S/C24H29N7O4S/c1-15(32)30(25)20-12-16(8-10-27-20)24-23(28-17-6-4-3-5-7-17)22-18(31(24)26)13-29(14-19(22)33)21(34)9-11-36(2)35/h3-8,10,12,20,27-28H,9,11,13-14,25-26H2,1-2H3. The summed E-state index contributed by atoms with van der Waals surface area (Å²) in [6.45, 7) is 1.39. The lowest BCUT2D eigenvalue weighted by molar-refractivity contribution is -0.131. The predicted molar refractivity (Wildman–Crippen MR) is 138 cm³/mol. The van der Waals surface area contributed by atoms with E-state index in [2.05, 4.69) is 10.6 Å². The second-order valence-corrected chi connectivity index (χ2v) is 10.2. The number of carbonyl (C=O) groups is 3. The van der Waals surface area contributed by atoms with Gasteiger partial charge in [-0.3, -0.25) is 28.3 Å². The Labute approximate surface area is 211 Å². The number of hydrogen-bond acceptors (Lipinski definition) is 8. The molecule has 0 saturated carbocycles. The maximum Gasteiger partial charge on any atom is 0.235 e. The molecule has 2 aliphatic rings. The Hall–Kier alpha value is -3.90. The Morgan fingerprint density at radius 2 is 1.97 bits per heavy atom. The number of nitrogen functional groups attached to an aromatic ring is 1. The molecular weight excluding hydrogens is 482 g/mol. The Bertz CT molecular complexity index is 1290. The first-order valence-electron chi connectivity index (χ1n) is 11.3. The number of fused-ring (bicyclic) bond motifs is 1. The van der Waals surface area contributed by atoms with Crippen molar-refractivity contribution in [3.63, 3.8) is 0 Å². The van der Waals surface area contributed by atoms with Gasteiger partial charge in [-0.25, -0.2) is 5.84 Å². The number of ketones is 1. The zero-order valence-electron chi connectivity index (χ0n) is 20.1. The van der Waals surface area contributed by atoms with E-state index >= 15 is 0 Å². The highest BCUT2D eigenvalue weighted by Gasteiger charge is 2.35. The molecule has 0 aliphatic carbocycles. The van der Waals surface area contributed by atoms with Crippen molar-refractivity contribution in [2.24, 2.45) is 5.84 Å². The normalized spacial score (nSPS) is 17.6. The van der Waals surface area contributed by atoms with Crippen molar-refractivity contribution in [2.75, 3.05) is 29.7 Å². The molecule has 12 heteroatoms. The molecule has 190 valence electrons. The van der Waals surface area contributed by atoms with Gasteiger partial charge in [0.1, 0.15) is 6.17 Å². The van der Waals surface area contributed by atoms with E-state index in [1.807, 2.05) is 30.3 Å². The Kier molecular flexibility index (Phi) is 7.27. The molecule has 1 aromatic heterocycles. The smallest absolute Gasteiger partial charge is 0.235 e. The lowest BCUT2D eigenvalue weighted by atomic mass is 10.0. The van der Waals surface area contributed by atoms with E-state index < -0.39 is 17.0 Å². The van der Waals surface area contributed by atoms with Crippen LogP contribution >= 0.6 is 0 Å². The van der Waals surface area contributed by atoms with Gasteiger partial charge in [0.15, 0.2) is 5.78 Å². The van der Waals surface area contributed by atoms with Crippen LogP contribution in [-0.4, -0.2) is 61.1 Å². The predicted octanol–water partition coefficient (Wildman–Crippen LogP) is 0.788. The van der Waals surface area contributed by atoms with Crippen molar-refractivity contribution in [2.45, 2.75) is 26.1 Å². The third kappa shape index (κ3) is 5.04. The second kappa shape index (κ2) is 10.4. The molecule has 2 amide bonds. The zero-order chi connectivity index (χ0) is 26.0. The van der Waals surface area contributed by atoms with Gasteiger partial charge in [0.25, 0.3) is 0 Å². The van der Waals surface area contributed by atoms with E-state index in [0.717, 1.165) is 10.7 Å². The lowest BCUT2D eigenvalue weighted by Crippen LogP contribution is -2.50. The molecule has 2 aliphatic heterocycles. The minimum Gasteiger partial charge on any atom is -0.367 e. The highest BCUT2D eigenvalue weighted by Crippen LogP contribution is 2.38. The van der Waals surface area contributed by atoms with Crippen molar-refractivity contribution < 1.29 is 18.6 Å². The van der Waals surface area contributed by atoms with Crippen LogP contribution in [-0.2, 0) is 26.9 Å². The molecule has 0 fully saturated rings. The highest BCUT2D eigenvalue weighted by molar-refractivity contribution is 7.84. The summed E-state index contributed by atoms with van der Waals surface area (Å²) in [7, 11) is -1.12. The molecule has 0 spiro atoms. The second-order valence-electron chi connectivity index (χ2n) is 8.60. The minimum atomic E-state index is -1.12. The topological polar surface area (TPSA) is 156 Å². The first kappa shape index (κ1) is 25.2. The lowest BCUT2D eigenvalue weighted by Gasteiger charge is -2.27. The van der Waals surface area contributed by atoms with Crippen molar-refractivity contribution in [1.29, 1.82) is 0 Å². The van der Waals surface area contributed by atoms with Gasteiger partial charge in [0.2, 0.25) is 11.8 Å². The van der Waals surface area contributed by atoms with E-state index in [1.54, 1.807) is 18.4 Å². The first-order chi connectivity index (χ1) is 17.2. The fraction of sp³-hybridized carbons (Fsp3) is 0.292. The van der Waals surface area contributed by atoms with E-state index in [1.165, 1.54) is 22.8 Å². The van der Waals surface area contributed by atoms with Gasteiger partial charge < -0.3 is 21.4 Å². The van der Waals surface area contributed by atoms with E-state index in [4.69, 9.17) is 11.7 Å². The van der Waals surface area contributed by atoms with Gasteiger partial charge in [-0.05, 0) is 30.5 Å². The van der Waals surface area contributed by atoms with Gasteiger partial charge >= 0.3 is 0 Å². The van der Waals surface area contributed by atoms with Crippen LogP contribution in [0.5, 0.6) is 0 Å². The Morgan fingerprint density at radius 3 is 2.64 bits per heavy atom. The van der Waals surface area contributed by atoms with Crippen LogP contribution in [0.4, 0.5) is 11.4 Å². The Morgan fingerprint density at radius 1 is 1.25 bits per heavy atom. The summed E-state index contributed by atoms with van der Waals surface area (Å²) in [5.74, 6) is 11.9. The third-order valence-electron chi connectivity index (χ3n) is 6.06. The molecule has 36 heavy (non-hydrogen) atoms. The summed E-state index contributed by atoms with van der Waals surface area (Å²) in [5, 5.41) is 7.40. The number of para-hydroxylation sites is 1. The van der Waals surface area contributed by atoms with Crippen molar-refractivity contribution >= 4 is 45.3 Å². The van der Waals surface area contributed by atoms with E-state index in [-0.39, 0.29) is 42.9 Å². The number of benzene rings is 1. The number of rotatable bonds is 7. The molecule has 0 radical (unpaired) electrons. The monoisotopic (exact) mass is 511 g/mol. The largest absolute Gasteiger partial charge is 0.367 e. The summed E-state index contributed by atoms with van der Waals surface area (Å²) in [5.41, 5.74) is 3.29. The van der Waals surface area contributed by atoms with E-state index in [9.17, 15) is 18.6 Å². The fourth-order valence-corrected chi connectivity index (χ4v) is 4.71. The summed E-state index contributed by atoms with van der Waals surface area (Å²) >= 11 is 0. The number of carbonyl (C=O) groups excluding carboxylic acids is 3. The maximum atomic E-state index is 13.4.